The Morgan fingerprint density at radius 2 is 1.55 bits per heavy atom. The van der Waals surface area contributed by atoms with Gasteiger partial charge in [0.05, 0.1) is 6.61 Å². The summed E-state index contributed by atoms with van der Waals surface area (Å²) in [5.74, 6) is 0.363. The van der Waals surface area contributed by atoms with E-state index in [0.29, 0.717) is 18.9 Å². The van der Waals surface area contributed by atoms with Crippen LogP contribution in [0.4, 0.5) is 0 Å². The quantitative estimate of drug-likeness (QED) is 0.409. The van der Waals surface area contributed by atoms with Crippen LogP contribution >= 0.6 is 0 Å². The molecule has 0 bridgehead atoms. The van der Waals surface area contributed by atoms with Crippen molar-refractivity contribution in [2.24, 2.45) is 11.7 Å². The van der Waals surface area contributed by atoms with Crippen LogP contribution in [0.1, 0.15) is 96.8 Å². The summed E-state index contributed by atoms with van der Waals surface area (Å²) in [7, 11) is 0. The van der Waals surface area contributed by atoms with Gasteiger partial charge < -0.3 is 10.5 Å². The zero-order chi connectivity index (χ0) is 16.0. The average molecular weight is 312 g/mol. The van der Waals surface area contributed by atoms with E-state index in [1.54, 1.807) is 0 Å². The molecule has 1 saturated carbocycles. The highest BCUT2D eigenvalue weighted by Crippen LogP contribution is 2.23. The fraction of sp³-hybridized carbons (Fsp3) is 0.947. The van der Waals surface area contributed by atoms with Crippen molar-refractivity contribution in [3.8, 4) is 0 Å². The van der Waals surface area contributed by atoms with E-state index in [4.69, 9.17) is 10.5 Å². The maximum Gasteiger partial charge on any atom is 0.305 e. The smallest absolute Gasteiger partial charge is 0.305 e. The molecule has 0 aliphatic heterocycles. The normalized spacial score (nSPS) is 21.7. The van der Waals surface area contributed by atoms with E-state index in [2.05, 4.69) is 6.92 Å². The van der Waals surface area contributed by atoms with Crippen LogP contribution in [0, 0.1) is 5.92 Å². The van der Waals surface area contributed by atoms with Crippen molar-refractivity contribution < 1.29 is 9.53 Å². The second kappa shape index (κ2) is 12.9. The number of carbonyl (C=O) groups is 1. The Kier molecular flexibility index (Phi) is 11.4. The second-order valence-corrected chi connectivity index (χ2v) is 6.97. The molecule has 1 rings (SSSR count). The number of esters is 1. The van der Waals surface area contributed by atoms with Gasteiger partial charge in [0.2, 0.25) is 0 Å². The number of rotatable bonds is 12. The van der Waals surface area contributed by atoms with E-state index in [1.807, 2.05) is 0 Å². The van der Waals surface area contributed by atoms with Crippen LogP contribution in [0.2, 0.25) is 0 Å². The minimum Gasteiger partial charge on any atom is -0.465 e. The SMILES string of the molecule is CCCCCCCCCCCC(=O)OC[C@@H]1CCCC[C@H]1N. The zero-order valence-corrected chi connectivity index (χ0v) is 14.7. The van der Waals surface area contributed by atoms with Crippen LogP contribution in [0.3, 0.4) is 0 Å². The molecule has 0 radical (unpaired) electrons. The summed E-state index contributed by atoms with van der Waals surface area (Å²) in [6.45, 7) is 2.79. The van der Waals surface area contributed by atoms with Crippen LogP contribution in [-0.4, -0.2) is 18.6 Å². The Hall–Kier alpha value is -0.570. The largest absolute Gasteiger partial charge is 0.465 e. The van der Waals surface area contributed by atoms with E-state index < -0.39 is 0 Å². The Morgan fingerprint density at radius 1 is 0.955 bits per heavy atom. The summed E-state index contributed by atoms with van der Waals surface area (Å²) in [6.07, 6.45) is 16.7. The van der Waals surface area contributed by atoms with Gasteiger partial charge >= 0.3 is 5.97 Å². The van der Waals surface area contributed by atoms with Crippen molar-refractivity contribution in [2.75, 3.05) is 6.61 Å². The summed E-state index contributed by atoms with van der Waals surface area (Å²) in [5, 5.41) is 0. The standard InChI is InChI=1S/C19H37NO2/c1-2-3-4-5-6-7-8-9-10-15-19(21)22-16-17-13-11-12-14-18(17)20/h17-18H,2-16,20H2,1H3/t17-,18+/m0/s1. The van der Waals surface area contributed by atoms with Gasteiger partial charge in [-0.1, -0.05) is 71.1 Å². The van der Waals surface area contributed by atoms with Crippen LogP contribution in [-0.2, 0) is 9.53 Å². The van der Waals surface area contributed by atoms with Crippen molar-refractivity contribution in [1.82, 2.24) is 0 Å². The molecule has 0 heterocycles. The molecule has 0 amide bonds. The summed E-state index contributed by atoms with van der Waals surface area (Å²) in [6, 6.07) is 0.231. The third-order valence-electron chi connectivity index (χ3n) is 4.91. The van der Waals surface area contributed by atoms with Crippen molar-refractivity contribution in [2.45, 2.75) is 103 Å². The molecule has 1 aliphatic carbocycles. The number of nitrogens with two attached hydrogens (primary N) is 1. The van der Waals surface area contributed by atoms with Crippen LogP contribution < -0.4 is 5.73 Å². The van der Waals surface area contributed by atoms with Gasteiger partial charge in [0, 0.05) is 18.4 Å². The van der Waals surface area contributed by atoms with Crippen LogP contribution in [0.25, 0.3) is 0 Å². The summed E-state index contributed by atoms with van der Waals surface area (Å²) >= 11 is 0. The van der Waals surface area contributed by atoms with Gasteiger partial charge in [-0.3, -0.25) is 4.79 Å². The Labute approximate surface area is 137 Å². The molecule has 2 N–H and O–H groups in total. The molecule has 0 spiro atoms. The molecule has 3 heteroatoms. The molecule has 0 unspecified atom stereocenters. The lowest BCUT2D eigenvalue weighted by Gasteiger charge is -2.27. The first-order valence-electron chi connectivity index (χ1n) is 9.65. The van der Waals surface area contributed by atoms with E-state index in [0.717, 1.165) is 25.7 Å². The molecular formula is C19H37NO2. The fourth-order valence-electron chi connectivity index (χ4n) is 3.30. The molecule has 0 aromatic rings. The van der Waals surface area contributed by atoms with E-state index in [1.165, 1.54) is 57.8 Å². The number of hydrogen-bond acceptors (Lipinski definition) is 3. The van der Waals surface area contributed by atoms with Gasteiger partial charge in [-0.05, 0) is 19.3 Å². The predicted octanol–water partition coefficient (Wildman–Crippen LogP) is 4.97. The number of hydrogen-bond donors (Lipinski definition) is 1. The van der Waals surface area contributed by atoms with E-state index in [9.17, 15) is 4.79 Å². The topological polar surface area (TPSA) is 52.3 Å². The molecule has 22 heavy (non-hydrogen) atoms. The van der Waals surface area contributed by atoms with Crippen molar-refractivity contribution in [3.63, 3.8) is 0 Å². The highest BCUT2D eigenvalue weighted by Gasteiger charge is 2.22. The molecule has 130 valence electrons. The summed E-state index contributed by atoms with van der Waals surface area (Å²) < 4.78 is 5.40. The molecule has 0 saturated heterocycles. The Bertz CT molecular complexity index is 281. The molecule has 0 aromatic heterocycles. The first-order chi connectivity index (χ1) is 10.7. The first-order valence-corrected chi connectivity index (χ1v) is 9.65. The zero-order valence-electron chi connectivity index (χ0n) is 14.7. The van der Waals surface area contributed by atoms with Crippen LogP contribution in [0.5, 0.6) is 0 Å². The molecule has 1 aliphatic rings. The fourth-order valence-corrected chi connectivity index (χ4v) is 3.30. The van der Waals surface area contributed by atoms with Gasteiger partial charge in [0.25, 0.3) is 0 Å². The third-order valence-corrected chi connectivity index (χ3v) is 4.91. The van der Waals surface area contributed by atoms with Crippen molar-refractivity contribution >= 4 is 5.97 Å². The van der Waals surface area contributed by atoms with E-state index in [-0.39, 0.29) is 12.0 Å². The number of carbonyl (C=O) groups excluding carboxylic acids is 1. The van der Waals surface area contributed by atoms with Crippen molar-refractivity contribution in [1.29, 1.82) is 0 Å². The van der Waals surface area contributed by atoms with Gasteiger partial charge in [0.15, 0.2) is 0 Å². The number of unbranched alkanes of at least 4 members (excludes halogenated alkanes) is 8. The number of ether oxygens (including phenoxy) is 1. The van der Waals surface area contributed by atoms with Gasteiger partial charge in [0.1, 0.15) is 0 Å². The lowest BCUT2D eigenvalue weighted by molar-refractivity contribution is -0.145. The molecule has 0 aromatic carbocycles. The summed E-state index contributed by atoms with van der Waals surface area (Å²) in [5.41, 5.74) is 6.07. The monoisotopic (exact) mass is 311 g/mol. The van der Waals surface area contributed by atoms with E-state index >= 15 is 0 Å². The minimum absolute atomic E-state index is 0.0271. The average Bonchev–Trinajstić information content (AvgIpc) is 2.52. The molecular weight excluding hydrogens is 274 g/mol. The van der Waals surface area contributed by atoms with Gasteiger partial charge in [-0.25, -0.2) is 0 Å². The first kappa shape index (κ1) is 19.5. The molecule has 3 nitrogen and oxygen atoms in total. The lowest BCUT2D eigenvalue weighted by Crippen LogP contribution is -2.36. The van der Waals surface area contributed by atoms with Crippen molar-refractivity contribution in [3.05, 3.63) is 0 Å². The molecule has 2 atom stereocenters. The Balaban J connectivity index is 1.89. The predicted molar refractivity (Wildman–Crippen MR) is 92.7 cm³/mol. The second-order valence-electron chi connectivity index (χ2n) is 6.97. The van der Waals surface area contributed by atoms with Gasteiger partial charge in [-0.2, -0.15) is 0 Å². The Morgan fingerprint density at radius 3 is 2.18 bits per heavy atom. The minimum atomic E-state index is -0.0271. The van der Waals surface area contributed by atoms with Gasteiger partial charge in [-0.15, -0.1) is 0 Å². The maximum atomic E-state index is 11.7. The highest BCUT2D eigenvalue weighted by molar-refractivity contribution is 5.69. The molecule has 1 fully saturated rings. The van der Waals surface area contributed by atoms with Crippen LogP contribution in [0.15, 0.2) is 0 Å². The highest BCUT2D eigenvalue weighted by atomic mass is 16.5. The third kappa shape index (κ3) is 9.45. The summed E-state index contributed by atoms with van der Waals surface area (Å²) in [4.78, 5) is 11.7. The maximum absolute atomic E-state index is 11.7. The lowest BCUT2D eigenvalue weighted by atomic mass is 9.86.